The molecule has 1 aromatic heterocycles. The smallest absolute Gasteiger partial charge is 0.313 e. The molecule has 6 nitrogen and oxygen atoms in total. The molecule has 0 saturated heterocycles. The van der Waals surface area contributed by atoms with Crippen molar-refractivity contribution in [3.63, 3.8) is 0 Å². The van der Waals surface area contributed by atoms with Crippen molar-refractivity contribution in [2.45, 2.75) is 11.3 Å². The average Bonchev–Trinajstić information content (AvgIpc) is 3.04. The lowest BCUT2D eigenvalue weighted by Crippen LogP contribution is -2.10. The maximum absolute atomic E-state index is 10.9. The summed E-state index contributed by atoms with van der Waals surface area (Å²) in [5, 5.41) is 28.6. The van der Waals surface area contributed by atoms with Gasteiger partial charge in [0.15, 0.2) is 11.0 Å². The van der Waals surface area contributed by atoms with E-state index in [1.54, 1.807) is 41.0 Å². The maximum Gasteiger partial charge on any atom is 0.313 e. The van der Waals surface area contributed by atoms with E-state index in [2.05, 4.69) is 10.2 Å². The van der Waals surface area contributed by atoms with Crippen LogP contribution in [-0.4, -0.2) is 36.7 Å². The van der Waals surface area contributed by atoms with E-state index in [1.165, 1.54) is 0 Å². The number of aliphatic carboxylic acids is 1. The molecule has 1 unspecified atom stereocenters. The Balaban J connectivity index is 2.09. The Morgan fingerprint density at radius 1 is 1.12 bits per heavy atom. The van der Waals surface area contributed by atoms with E-state index in [-0.39, 0.29) is 11.6 Å². The molecule has 0 radical (unpaired) electrons. The number of carboxylic acids is 1. The first-order chi connectivity index (χ1) is 12.1. The molecule has 128 valence electrons. The van der Waals surface area contributed by atoms with Gasteiger partial charge in [0, 0.05) is 0 Å². The Bertz CT molecular complexity index is 886. The lowest BCUT2D eigenvalue weighted by atomic mass is 10.1. The molecule has 2 aromatic carbocycles. The number of carbonyl (C=O) groups is 1. The minimum atomic E-state index is -1.02. The molecule has 0 amide bonds. The van der Waals surface area contributed by atoms with Gasteiger partial charge in [-0.15, -0.1) is 10.2 Å². The van der Waals surface area contributed by atoms with Crippen LogP contribution in [0.5, 0.6) is 0 Å². The number of thioether (sulfide) groups is 1. The van der Waals surface area contributed by atoms with Crippen LogP contribution in [0.15, 0.2) is 59.8 Å². The number of hydrogen-bond donors (Lipinski definition) is 2. The normalized spacial score (nSPS) is 12.1. The van der Waals surface area contributed by atoms with Gasteiger partial charge >= 0.3 is 5.97 Å². The fourth-order valence-corrected chi connectivity index (χ4v) is 3.21. The van der Waals surface area contributed by atoms with Gasteiger partial charge in [0.2, 0.25) is 0 Å². The van der Waals surface area contributed by atoms with E-state index in [4.69, 9.17) is 16.7 Å². The Kier molecular flexibility index (Phi) is 5.37. The zero-order chi connectivity index (χ0) is 17.8. The van der Waals surface area contributed by atoms with Gasteiger partial charge in [-0.1, -0.05) is 65.8 Å². The second-order valence-electron chi connectivity index (χ2n) is 5.12. The maximum atomic E-state index is 10.9. The van der Waals surface area contributed by atoms with Crippen molar-refractivity contribution in [1.29, 1.82) is 0 Å². The van der Waals surface area contributed by atoms with E-state index < -0.39 is 12.1 Å². The van der Waals surface area contributed by atoms with Crippen molar-refractivity contribution in [3.05, 3.63) is 71.0 Å². The Labute approximate surface area is 153 Å². The van der Waals surface area contributed by atoms with Gasteiger partial charge in [-0.25, -0.2) is 0 Å². The van der Waals surface area contributed by atoms with Gasteiger partial charge < -0.3 is 10.2 Å². The lowest BCUT2D eigenvalue weighted by Gasteiger charge is -2.15. The van der Waals surface area contributed by atoms with Crippen molar-refractivity contribution in [3.8, 4) is 5.69 Å². The van der Waals surface area contributed by atoms with Crippen LogP contribution in [0, 0.1) is 0 Å². The predicted octanol–water partition coefficient (Wildman–Crippen LogP) is 3.18. The van der Waals surface area contributed by atoms with E-state index >= 15 is 0 Å². The van der Waals surface area contributed by atoms with Crippen molar-refractivity contribution in [1.82, 2.24) is 14.8 Å². The van der Waals surface area contributed by atoms with E-state index in [9.17, 15) is 9.90 Å². The van der Waals surface area contributed by atoms with Crippen molar-refractivity contribution in [2.24, 2.45) is 0 Å². The van der Waals surface area contributed by atoms with Crippen LogP contribution in [0.1, 0.15) is 17.5 Å². The molecule has 0 aliphatic rings. The number of rotatable bonds is 6. The summed E-state index contributed by atoms with van der Waals surface area (Å²) in [5.74, 6) is -0.875. The van der Waals surface area contributed by atoms with Crippen LogP contribution in [-0.2, 0) is 4.79 Å². The number of para-hydroxylation sites is 1. The first kappa shape index (κ1) is 17.5. The summed E-state index contributed by atoms with van der Waals surface area (Å²) in [5.41, 5.74) is 1.23. The molecule has 8 heteroatoms. The highest BCUT2D eigenvalue weighted by Crippen LogP contribution is 2.31. The summed E-state index contributed by atoms with van der Waals surface area (Å²) in [6.45, 7) is 0. The molecule has 2 N–H and O–H groups in total. The van der Waals surface area contributed by atoms with Crippen molar-refractivity contribution >= 4 is 29.3 Å². The molecule has 0 aliphatic carbocycles. The summed E-state index contributed by atoms with van der Waals surface area (Å²) >= 11 is 7.30. The Hall–Kier alpha value is -2.35. The number of benzene rings is 2. The minimum absolute atomic E-state index is 0.177. The standard InChI is InChI=1S/C17H14ClN3O3S/c18-12-8-4-5-9-13(12)21-16(15(24)11-6-2-1-3-7-11)19-20-17(21)25-10-14(22)23/h1-9,15,24H,10H2,(H,22,23). The fraction of sp³-hybridized carbons (Fsp3) is 0.118. The van der Waals surface area contributed by atoms with Gasteiger partial charge in [-0.2, -0.15) is 0 Å². The summed E-state index contributed by atoms with van der Waals surface area (Å²) < 4.78 is 1.59. The average molecular weight is 376 g/mol. The zero-order valence-electron chi connectivity index (χ0n) is 12.9. The fourth-order valence-electron chi connectivity index (χ4n) is 2.32. The van der Waals surface area contributed by atoms with Gasteiger partial charge in [0.1, 0.15) is 6.10 Å². The molecule has 25 heavy (non-hydrogen) atoms. The molecular weight excluding hydrogens is 362 g/mol. The lowest BCUT2D eigenvalue weighted by molar-refractivity contribution is -0.133. The monoisotopic (exact) mass is 375 g/mol. The van der Waals surface area contributed by atoms with E-state index in [0.29, 0.717) is 21.4 Å². The number of carboxylic acid groups (broad SMARTS) is 1. The highest BCUT2D eigenvalue weighted by Gasteiger charge is 2.23. The molecular formula is C17H14ClN3O3S. The van der Waals surface area contributed by atoms with Crippen LogP contribution in [0.25, 0.3) is 5.69 Å². The third kappa shape index (κ3) is 3.84. The van der Waals surface area contributed by atoms with Crippen molar-refractivity contribution in [2.75, 3.05) is 5.75 Å². The van der Waals surface area contributed by atoms with E-state index in [1.807, 2.05) is 18.2 Å². The highest BCUT2D eigenvalue weighted by atomic mass is 35.5. The molecule has 3 aromatic rings. The van der Waals surface area contributed by atoms with Gasteiger partial charge in [0.25, 0.3) is 0 Å². The van der Waals surface area contributed by atoms with Crippen LogP contribution < -0.4 is 0 Å². The highest BCUT2D eigenvalue weighted by molar-refractivity contribution is 7.99. The zero-order valence-corrected chi connectivity index (χ0v) is 14.5. The van der Waals surface area contributed by atoms with Crippen molar-refractivity contribution < 1.29 is 15.0 Å². The first-order valence-corrected chi connectivity index (χ1v) is 8.72. The number of nitrogens with zero attached hydrogens (tertiary/aromatic N) is 3. The molecule has 3 rings (SSSR count). The number of halogens is 1. The van der Waals surface area contributed by atoms with E-state index in [0.717, 1.165) is 11.8 Å². The second kappa shape index (κ2) is 7.69. The van der Waals surface area contributed by atoms with Gasteiger partial charge in [-0.05, 0) is 17.7 Å². The van der Waals surface area contributed by atoms with Gasteiger partial charge in [-0.3, -0.25) is 9.36 Å². The van der Waals surface area contributed by atoms with Crippen LogP contribution in [0.2, 0.25) is 5.02 Å². The number of hydrogen-bond acceptors (Lipinski definition) is 5. The summed E-state index contributed by atoms with van der Waals surface area (Å²) in [6.07, 6.45) is -1.02. The molecule has 0 aliphatic heterocycles. The topological polar surface area (TPSA) is 88.2 Å². The largest absolute Gasteiger partial charge is 0.481 e. The number of aromatic nitrogens is 3. The minimum Gasteiger partial charge on any atom is -0.481 e. The summed E-state index contributed by atoms with van der Waals surface area (Å²) in [7, 11) is 0. The third-order valence-electron chi connectivity index (χ3n) is 3.44. The first-order valence-electron chi connectivity index (χ1n) is 7.35. The van der Waals surface area contributed by atoms with Crippen LogP contribution in [0.4, 0.5) is 0 Å². The Morgan fingerprint density at radius 3 is 2.48 bits per heavy atom. The number of aliphatic hydroxyl groups is 1. The molecule has 0 bridgehead atoms. The summed E-state index contributed by atoms with van der Waals surface area (Å²) in [4.78, 5) is 10.9. The molecule has 0 spiro atoms. The molecule has 1 atom stereocenters. The van der Waals surface area contributed by atoms with Crippen LogP contribution in [0.3, 0.4) is 0 Å². The van der Waals surface area contributed by atoms with Crippen LogP contribution >= 0.6 is 23.4 Å². The number of aliphatic hydroxyl groups excluding tert-OH is 1. The second-order valence-corrected chi connectivity index (χ2v) is 6.47. The third-order valence-corrected chi connectivity index (χ3v) is 4.67. The SMILES string of the molecule is O=C(O)CSc1nnc(C(O)c2ccccc2)n1-c1ccccc1Cl. The predicted molar refractivity (Wildman–Crippen MR) is 95.2 cm³/mol. The summed E-state index contributed by atoms with van der Waals surface area (Å²) in [6, 6.07) is 16.1. The Morgan fingerprint density at radius 2 is 1.80 bits per heavy atom. The quantitative estimate of drug-likeness (QED) is 0.643. The molecule has 0 fully saturated rings. The molecule has 0 saturated carbocycles. The molecule has 1 heterocycles. The van der Waals surface area contributed by atoms with Gasteiger partial charge in [0.05, 0.1) is 16.5 Å².